The van der Waals surface area contributed by atoms with E-state index >= 15 is 0 Å². The summed E-state index contributed by atoms with van der Waals surface area (Å²) in [4.78, 5) is 5.14. The maximum absolute atomic E-state index is 3.88. The van der Waals surface area contributed by atoms with Crippen LogP contribution in [0.25, 0.3) is 0 Å². The molecule has 9 heavy (non-hydrogen) atoms. The van der Waals surface area contributed by atoms with Crippen LogP contribution in [-0.2, 0) is 0 Å². The zero-order chi connectivity index (χ0) is 5.82. The fourth-order valence-electron chi connectivity index (χ4n) is 0.474. The molecular formula is C7H11NS. The van der Waals surface area contributed by atoms with E-state index in [0.717, 1.165) is 0 Å². The molecule has 0 N–H and O–H groups in total. The van der Waals surface area contributed by atoms with Crippen LogP contribution < -0.4 is 0 Å². The lowest BCUT2D eigenvalue weighted by molar-refractivity contribution is 1.27. The Morgan fingerprint density at radius 3 is 2.22 bits per heavy atom. The van der Waals surface area contributed by atoms with E-state index in [9.17, 15) is 0 Å². The molecule has 0 aliphatic carbocycles. The van der Waals surface area contributed by atoms with Gasteiger partial charge in [-0.3, -0.25) is 4.98 Å². The second kappa shape index (κ2) is 4.39. The first kappa shape index (κ1) is 8.50. The number of rotatable bonds is 1. The van der Waals surface area contributed by atoms with Crippen molar-refractivity contribution >= 4 is 11.8 Å². The molecule has 0 aliphatic heterocycles. The minimum atomic E-state index is 0. The van der Waals surface area contributed by atoms with Crippen LogP contribution >= 0.6 is 11.8 Å². The third-order valence-corrected chi connectivity index (χ3v) is 1.63. The first-order chi connectivity index (χ1) is 3.93. The lowest BCUT2D eigenvalue weighted by atomic mass is 10.5. The fourth-order valence-corrected chi connectivity index (χ4v) is 0.868. The third-order valence-electron chi connectivity index (χ3n) is 0.885. The molecule has 0 aromatic carbocycles. The van der Waals surface area contributed by atoms with E-state index in [1.165, 1.54) is 4.90 Å². The van der Waals surface area contributed by atoms with Gasteiger partial charge in [0.2, 0.25) is 0 Å². The fraction of sp³-hybridized carbons (Fsp3) is 0.286. The quantitative estimate of drug-likeness (QED) is 0.557. The molecule has 1 rings (SSSR count). The molecule has 0 atom stereocenters. The molecule has 0 aliphatic rings. The molecule has 0 saturated carbocycles. The molecule has 1 nitrogen and oxygen atoms in total. The van der Waals surface area contributed by atoms with Gasteiger partial charge in [-0.2, -0.15) is 0 Å². The van der Waals surface area contributed by atoms with Gasteiger partial charge in [-0.1, -0.05) is 7.43 Å². The Morgan fingerprint density at radius 1 is 1.33 bits per heavy atom. The van der Waals surface area contributed by atoms with Gasteiger partial charge in [0, 0.05) is 17.3 Å². The summed E-state index contributed by atoms with van der Waals surface area (Å²) >= 11 is 1.73. The molecule has 0 bridgehead atoms. The average Bonchev–Trinajstić information content (AvgIpc) is 1.90. The molecule has 50 valence electrons. The standard InChI is InChI=1S/C6H7NS.CH4/c1-8-6-2-4-7-5-3-6;/h2-5H,1H3;1H4. The number of thioether (sulfide) groups is 1. The second-order valence-electron chi connectivity index (χ2n) is 1.39. The number of nitrogens with zero attached hydrogens (tertiary/aromatic N) is 1. The molecule has 0 radical (unpaired) electrons. The van der Waals surface area contributed by atoms with Crippen LogP contribution in [0.3, 0.4) is 0 Å². The highest BCUT2D eigenvalue weighted by atomic mass is 32.2. The third kappa shape index (κ3) is 2.51. The predicted octanol–water partition coefficient (Wildman–Crippen LogP) is 2.44. The minimum absolute atomic E-state index is 0. The monoisotopic (exact) mass is 141 g/mol. The molecule has 1 heterocycles. The summed E-state index contributed by atoms with van der Waals surface area (Å²) in [7, 11) is 0. The highest BCUT2D eigenvalue weighted by Gasteiger charge is 1.81. The Bertz CT molecular complexity index is 150. The molecule has 0 spiro atoms. The summed E-state index contributed by atoms with van der Waals surface area (Å²) in [6, 6.07) is 3.98. The van der Waals surface area contributed by atoms with Crippen molar-refractivity contribution in [3.05, 3.63) is 24.5 Å². The van der Waals surface area contributed by atoms with Crippen molar-refractivity contribution in [2.24, 2.45) is 0 Å². The zero-order valence-electron chi connectivity index (χ0n) is 4.66. The second-order valence-corrected chi connectivity index (χ2v) is 2.27. The summed E-state index contributed by atoms with van der Waals surface area (Å²) in [5.41, 5.74) is 0. The van der Waals surface area contributed by atoms with E-state index < -0.39 is 0 Å². The van der Waals surface area contributed by atoms with Gasteiger partial charge in [-0.25, -0.2) is 0 Å². The number of pyridine rings is 1. The van der Waals surface area contributed by atoms with Crippen molar-refractivity contribution in [3.8, 4) is 0 Å². The lowest BCUT2D eigenvalue weighted by Crippen LogP contribution is -1.68. The molecule has 2 heteroatoms. The average molecular weight is 141 g/mol. The van der Waals surface area contributed by atoms with Crippen molar-refractivity contribution in [1.82, 2.24) is 4.98 Å². The van der Waals surface area contributed by atoms with Gasteiger partial charge in [0.25, 0.3) is 0 Å². The van der Waals surface area contributed by atoms with Gasteiger partial charge in [0.05, 0.1) is 0 Å². The van der Waals surface area contributed by atoms with Crippen LogP contribution in [-0.4, -0.2) is 11.2 Å². The van der Waals surface area contributed by atoms with Gasteiger partial charge in [-0.05, 0) is 18.4 Å². The number of aromatic nitrogens is 1. The highest BCUT2D eigenvalue weighted by Crippen LogP contribution is 2.10. The Hall–Kier alpha value is -0.500. The van der Waals surface area contributed by atoms with Crippen molar-refractivity contribution < 1.29 is 0 Å². The Balaban J connectivity index is 0.000000640. The van der Waals surface area contributed by atoms with Crippen molar-refractivity contribution in [2.45, 2.75) is 12.3 Å². The van der Waals surface area contributed by atoms with Gasteiger partial charge >= 0.3 is 0 Å². The van der Waals surface area contributed by atoms with Crippen LogP contribution in [0.2, 0.25) is 0 Å². The highest BCUT2D eigenvalue weighted by molar-refractivity contribution is 7.98. The van der Waals surface area contributed by atoms with Crippen LogP contribution in [0.1, 0.15) is 7.43 Å². The van der Waals surface area contributed by atoms with Gasteiger partial charge < -0.3 is 0 Å². The molecule has 1 aromatic rings. The lowest BCUT2D eigenvalue weighted by Gasteiger charge is -1.88. The van der Waals surface area contributed by atoms with Gasteiger partial charge in [0.1, 0.15) is 0 Å². The van der Waals surface area contributed by atoms with Crippen LogP contribution in [0.15, 0.2) is 29.4 Å². The summed E-state index contributed by atoms with van der Waals surface area (Å²) in [6.45, 7) is 0. The molecule has 0 amide bonds. The normalized spacial score (nSPS) is 8.11. The van der Waals surface area contributed by atoms with Gasteiger partial charge in [-0.15, -0.1) is 11.8 Å². The first-order valence-corrected chi connectivity index (χ1v) is 3.60. The topological polar surface area (TPSA) is 12.9 Å². The van der Waals surface area contributed by atoms with Crippen molar-refractivity contribution in [2.75, 3.05) is 6.26 Å². The van der Waals surface area contributed by atoms with E-state index in [2.05, 4.69) is 11.2 Å². The molecule has 0 saturated heterocycles. The summed E-state index contributed by atoms with van der Waals surface area (Å²) < 4.78 is 0. The van der Waals surface area contributed by atoms with Crippen LogP contribution in [0.5, 0.6) is 0 Å². The smallest absolute Gasteiger partial charge is 0.0278 e. The zero-order valence-corrected chi connectivity index (χ0v) is 5.48. The van der Waals surface area contributed by atoms with E-state index in [1.807, 2.05) is 12.1 Å². The van der Waals surface area contributed by atoms with E-state index in [-0.39, 0.29) is 7.43 Å². The molecular weight excluding hydrogens is 130 g/mol. The van der Waals surface area contributed by atoms with Crippen molar-refractivity contribution in [3.63, 3.8) is 0 Å². The summed E-state index contributed by atoms with van der Waals surface area (Å²) in [5, 5.41) is 0. The predicted molar refractivity (Wildman–Crippen MR) is 42.7 cm³/mol. The largest absolute Gasteiger partial charge is 0.265 e. The van der Waals surface area contributed by atoms with Crippen LogP contribution in [0.4, 0.5) is 0 Å². The minimum Gasteiger partial charge on any atom is -0.265 e. The molecule has 0 unspecified atom stereocenters. The maximum Gasteiger partial charge on any atom is 0.0278 e. The van der Waals surface area contributed by atoms with Crippen molar-refractivity contribution in [1.29, 1.82) is 0 Å². The number of hydrogen-bond acceptors (Lipinski definition) is 2. The summed E-state index contributed by atoms with van der Waals surface area (Å²) in [6.07, 6.45) is 5.65. The van der Waals surface area contributed by atoms with Gasteiger partial charge in [0.15, 0.2) is 0 Å². The SMILES string of the molecule is C.CSc1ccncc1. The Kier molecular flexibility index (Phi) is 4.14. The number of hydrogen-bond donors (Lipinski definition) is 0. The summed E-state index contributed by atoms with van der Waals surface area (Å²) in [5.74, 6) is 0. The first-order valence-electron chi connectivity index (χ1n) is 2.37. The van der Waals surface area contributed by atoms with E-state index in [1.54, 1.807) is 24.2 Å². The molecule has 1 aromatic heterocycles. The maximum atomic E-state index is 3.88. The molecule has 0 fully saturated rings. The van der Waals surface area contributed by atoms with E-state index in [0.29, 0.717) is 0 Å². The Labute approximate surface area is 60.5 Å². The van der Waals surface area contributed by atoms with E-state index in [4.69, 9.17) is 0 Å². The van der Waals surface area contributed by atoms with Crippen LogP contribution in [0, 0.1) is 0 Å². The Morgan fingerprint density at radius 2 is 1.89 bits per heavy atom.